The van der Waals surface area contributed by atoms with Crippen molar-refractivity contribution in [2.75, 3.05) is 5.32 Å². The van der Waals surface area contributed by atoms with Gasteiger partial charge in [0.1, 0.15) is 6.07 Å². The van der Waals surface area contributed by atoms with Crippen LogP contribution in [0.15, 0.2) is 81.2 Å². The molecule has 34 heavy (non-hydrogen) atoms. The number of aromatic amines is 1. The molecule has 8 heteroatoms. The van der Waals surface area contributed by atoms with E-state index < -0.39 is 5.76 Å². The van der Waals surface area contributed by atoms with E-state index in [1.807, 2.05) is 55.5 Å². The first-order chi connectivity index (χ1) is 16.5. The number of nitrogens with one attached hydrogen (secondary N) is 2. The van der Waals surface area contributed by atoms with E-state index in [4.69, 9.17) is 4.42 Å². The lowest BCUT2D eigenvalue weighted by Gasteiger charge is -2.19. The van der Waals surface area contributed by atoms with Crippen LogP contribution < -0.4 is 11.1 Å². The zero-order chi connectivity index (χ0) is 24.1. The zero-order valence-electron chi connectivity index (χ0n) is 18.7. The van der Waals surface area contributed by atoms with Crippen molar-refractivity contribution in [3.63, 3.8) is 0 Å². The monoisotopic (exact) mass is 450 g/mol. The van der Waals surface area contributed by atoms with E-state index in [2.05, 4.69) is 45.2 Å². The van der Waals surface area contributed by atoms with E-state index in [-0.39, 0.29) is 11.9 Å². The lowest BCUT2D eigenvalue weighted by molar-refractivity contribution is 0.501. The van der Waals surface area contributed by atoms with Crippen molar-refractivity contribution >= 4 is 34.5 Å². The van der Waals surface area contributed by atoms with Crippen LogP contribution in [0.5, 0.6) is 0 Å². The largest absolute Gasteiger partial charge is 0.434 e. The minimum Gasteiger partial charge on any atom is -0.388 e. The molecule has 0 saturated heterocycles. The van der Waals surface area contributed by atoms with Crippen LogP contribution in [0.4, 0.5) is 5.69 Å². The van der Waals surface area contributed by atoms with Crippen LogP contribution in [-0.2, 0) is 0 Å². The number of nitrogens with zero attached hydrogens (tertiary/aromatic N) is 4. The molecule has 8 nitrogen and oxygen atoms in total. The number of aromatic nitrogens is 3. The third-order valence-corrected chi connectivity index (χ3v) is 5.39. The maximum Gasteiger partial charge on any atom is 0.434 e. The Morgan fingerprint density at radius 1 is 1.29 bits per heavy atom. The molecule has 2 aromatic carbocycles. The van der Waals surface area contributed by atoms with Gasteiger partial charge >= 0.3 is 5.76 Å². The Morgan fingerprint density at radius 3 is 2.76 bits per heavy atom. The molecule has 1 unspecified atom stereocenters. The standard InChI is InChI=1S/C26H22N6O2/c1-16(11-20(14-28-3)25-31-32-26(33)34-25)19-9-10-23-22(12-19)24(21(13-27)15-29-23)30-17(2)18-7-5-4-6-8-18/h4-12,14-15,17H,3H2,1-2H3,(H,29,30)(H,32,33)/b16-11+,20-14+. The Kier molecular flexibility index (Phi) is 6.46. The lowest BCUT2D eigenvalue weighted by atomic mass is 10.00. The van der Waals surface area contributed by atoms with Crippen molar-refractivity contribution in [1.82, 2.24) is 15.2 Å². The van der Waals surface area contributed by atoms with E-state index >= 15 is 0 Å². The molecule has 0 aliphatic heterocycles. The van der Waals surface area contributed by atoms with Gasteiger partial charge in [0.2, 0.25) is 0 Å². The van der Waals surface area contributed by atoms with Crippen LogP contribution in [-0.4, -0.2) is 21.9 Å². The number of hydrogen-bond acceptors (Lipinski definition) is 7. The van der Waals surface area contributed by atoms with Gasteiger partial charge in [-0.15, -0.1) is 5.10 Å². The summed E-state index contributed by atoms with van der Waals surface area (Å²) in [5.74, 6) is -0.537. The first kappa shape index (κ1) is 22.4. The first-order valence-electron chi connectivity index (χ1n) is 10.5. The fourth-order valence-corrected chi connectivity index (χ4v) is 3.64. The molecule has 0 fully saturated rings. The highest BCUT2D eigenvalue weighted by molar-refractivity contribution is 5.96. The summed E-state index contributed by atoms with van der Waals surface area (Å²) >= 11 is 0. The van der Waals surface area contributed by atoms with Crippen LogP contribution in [0.1, 0.15) is 42.5 Å². The third-order valence-electron chi connectivity index (χ3n) is 5.39. The van der Waals surface area contributed by atoms with Gasteiger partial charge in [-0.1, -0.05) is 36.4 Å². The van der Waals surface area contributed by atoms with Crippen LogP contribution in [0, 0.1) is 11.3 Å². The number of allylic oxidation sites excluding steroid dienone is 3. The van der Waals surface area contributed by atoms with Crippen LogP contribution in [0.3, 0.4) is 0 Å². The van der Waals surface area contributed by atoms with Gasteiger partial charge in [-0.2, -0.15) is 5.26 Å². The Morgan fingerprint density at radius 2 is 2.09 bits per heavy atom. The Bertz CT molecular complexity index is 1510. The molecular formula is C26H22N6O2. The average Bonchev–Trinajstić information content (AvgIpc) is 3.30. The van der Waals surface area contributed by atoms with Crippen LogP contribution >= 0.6 is 0 Å². The van der Waals surface area contributed by atoms with Crippen molar-refractivity contribution in [3.05, 3.63) is 100 Å². The van der Waals surface area contributed by atoms with Gasteiger partial charge in [0.25, 0.3) is 5.89 Å². The molecule has 2 aromatic heterocycles. The van der Waals surface area contributed by atoms with E-state index in [9.17, 15) is 10.1 Å². The Balaban J connectivity index is 1.78. The molecule has 2 heterocycles. The van der Waals surface area contributed by atoms with Gasteiger partial charge in [0, 0.05) is 23.8 Å². The molecule has 4 aromatic rings. The molecule has 0 spiro atoms. The van der Waals surface area contributed by atoms with Gasteiger partial charge in [0.15, 0.2) is 0 Å². The van der Waals surface area contributed by atoms with Gasteiger partial charge in [0.05, 0.1) is 22.3 Å². The molecule has 0 aliphatic carbocycles. The number of nitriles is 1. The van der Waals surface area contributed by atoms with Crippen molar-refractivity contribution < 1.29 is 4.42 Å². The van der Waals surface area contributed by atoms with E-state index in [0.29, 0.717) is 11.1 Å². The quantitative estimate of drug-likeness (QED) is 0.298. The molecule has 4 rings (SSSR count). The highest BCUT2D eigenvalue weighted by Crippen LogP contribution is 2.32. The molecular weight excluding hydrogens is 428 g/mol. The molecule has 0 amide bonds. The summed E-state index contributed by atoms with van der Waals surface area (Å²) in [6.45, 7) is 7.45. The highest BCUT2D eigenvalue weighted by Gasteiger charge is 2.14. The molecule has 0 bridgehead atoms. The maximum absolute atomic E-state index is 11.4. The van der Waals surface area contributed by atoms with E-state index in [1.165, 1.54) is 6.20 Å². The fourth-order valence-electron chi connectivity index (χ4n) is 3.64. The van der Waals surface area contributed by atoms with Crippen molar-refractivity contribution in [2.24, 2.45) is 4.99 Å². The summed E-state index contributed by atoms with van der Waals surface area (Å²) in [6, 6.07) is 18.1. The molecule has 1 atom stereocenters. The fraction of sp³-hybridized carbons (Fsp3) is 0.115. The molecule has 0 radical (unpaired) electrons. The van der Waals surface area contributed by atoms with Gasteiger partial charge < -0.3 is 9.73 Å². The molecule has 168 valence electrons. The normalized spacial score (nSPS) is 12.9. The summed E-state index contributed by atoms with van der Waals surface area (Å²) in [5, 5.41) is 20.2. The Hall–Kier alpha value is -4.77. The number of fused-ring (bicyclic) bond motifs is 1. The second-order valence-electron chi connectivity index (χ2n) is 7.68. The van der Waals surface area contributed by atoms with Crippen LogP contribution in [0.25, 0.3) is 22.0 Å². The number of benzene rings is 2. The van der Waals surface area contributed by atoms with Crippen molar-refractivity contribution in [3.8, 4) is 6.07 Å². The van der Waals surface area contributed by atoms with Crippen molar-refractivity contribution in [2.45, 2.75) is 19.9 Å². The molecule has 0 aliphatic rings. The molecule has 2 N–H and O–H groups in total. The number of aliphatic imine (C=N–C) groups is 1. The summed E-state index contributed by atoms with van der Waals surface area (Å²) in [4.78, 5) is 19.6. The number of pyridine rings is 1. The van der Waals surface area contributed by atoms with Crippen molar-refractivity contribution in [1.29, 1.82) is 5.26 Å². The summed E-state index contributed by atoms with van der Waals surface area (Å²) < 4.78 is 5.06. The van der Waals surface area contributed by atoms with Gasteiger partial charge in [-0.25, -0.2) is 9.89 Å². The number of hydrogen-bond donors (Lipinski definition) is 2. The average molecular weight is 451 g/mol. The highest BCUT2D eigenvalue weighted by atomic mass is 16.4. The van der Waals surface area contributed by atoms with E-state index in [0.717, 1.165) is 33.3 Å². The van der Waals surface area contributed by atoms with E-state index in [1.54, 1.807) is 12.3 Å². The topological polar surface area (TPSA) is 120 Å². The van der Waals surface area contributed by atoms with Gasteiger partial charge in [-0.3, -0.25) is 9.98 Å². The second-order valence-corrected chi connectivity index (χ2v) is 7.68. The minimum atomic E-state index is -0.653. The summed E-state index contributed by atoms with van der Waals surface area (Å²) in [7, 11) is 0. The minimum absolute atomic E-state index is 0.0186. The predicted octanol–water partition coefficient (Wildman–Crippen LogP) is 5.10. The third kappa shape index (κ3) is 4.69. The van der Waals surface area contributed by atoms with Gasteiger partial charge in [-0.05, 0) is 55.5 Å². The first-order valence-corrected chi connectivity index (χ1v) is 10.5. The zero-order valence-corrected chi connectivity index (χ0v) is 18.7. The smallest absolute Gasteiger partial charge is 0.388 e. The Labute approximate surface area is 196 Å². The number of H-pyrrole nitrogens is 1. The SMILES string of the molecule is C=N/C=C(\C=C(/C)c1ccc2ncc(C#N)c(NC(C)c3ccccc3)c2c1)c1n[nH]c(=O)o1. The summed E-state index contributed by atoms with van der Waals surface area (Å²) in [6.07, 6.45) is 4.85. The number of rotatable bonds is 7. The second kappa shape index (κ2) is 9.79. The summed E-state index contributed by atoms with van der Waals surface area (Å²) in [5.41, 5.74) is 5.31. The lowest BCUT2D eigenvalue weighted by Crippen LogP contribution is -2.08. The van der Waals surface area contributed by atoms with Crippen LogP contribution in [0.2, 0.25) is 0 Å². The predicted molar refractivity (Wildman–Crippen MR) is 133 cm³/mol. The maximum atomic E-state index is 11.4. The number of anilines is 1. The molecule has 0 saturated carbocycles.